The van der Waals surface area contributed by atoms with Crippen LogP contribution in [0.2, 0.25) is 5.02 Å². The van der Waals surface area contributed by atoms with Crippen molar-refractivity contribution in [3.05, 3.63) is 65.3 Å². The van der Waals surface area contributed by atoms with Gasteiger partial charge in [-0.15, -0.1) is 0 Å². The highest BCUT2D eigenvalue weighted by molar-refractivity contribution is 7.89. The van der Waals surface area contributed by atoms with E-state index in [4.69, 9.17) is 16.3 Å². The zero-order chi connectivity index (χ0) is 17.9. The molecule has 2 aromatic carbocycles. The van der Waals surface area contributed by atoms with Gasteiger partial charge >= 0.3 is 0 Å². The van der Waals surface area contributed by atoms with Crippen LogP contribution in [-0.4, -0.2) is 26.6 Å². The molecule has 7 heteroatoms. The van der Waals surface area contributed by atoms with E-state index in [1.54, 1.807) is 42.6 Å². The molecule has 0 bridgehead atoms. The standard InChI is InChI=1S/C18H17ClN2O3S/c1-13-11-14-3-2-4-17(18(14)20-12-13)25(22,23)21-9-10-24-16-7-5-15(19)6-8-16/h2-8,11-12,21H,9-10H2,1H3. The number of rotatable bonds is 6. The smallest absolute Gasteiger partial charge is 0.242 e. The van der Waals surface area contributed by atoms with Gasteiger partial charge in [0.05, 0.1) is 5.52 Å². The first-order valence-electron chi connectivity index (χ1n) is 7.69. The number of hydrogen-bond acceptors (Lipinski definition) is 4. The molecular weight excluding hydrogens is 360 g/mol. The van der Waals surface area contributed by atoms with Gasteiger partial charge in [0.15, 0.2) is 0 Å². The molecule has 0 radical (unpaired) electrons. The highest BCUT2D eigenvalue weighted by Crippen LogP contribution is 2.21. The van der Waals surface area contributed by atoms with Crippen molar-refractivity contribution in [2.24, 2.45) is 0 Å². The number of fused-ring (bicyclic) bond motifs is 1. The molecule has 0 unspecified atom stereocenters. The van der Waals surface area contributed by atoms with Crippen LogP contribution < -0.4 is 9.46 Å². The summed E-state index contributed by atoms with van der Waals surface area (Å²) in [4.78, 5) is 4.43. The Bertz CT molecular complexity index is 989. The van der Waals surface area contributed by atoms with Crippen molar-refractivity contribution in [2.45, 2.75) is 11.8 Å². The first-order valence-corrected chi connectivity index (χ1v) is 9.55. The van der Waals surface area contributed by atoms with E-state index in [0.717, 1.165) is 10.9 Å². The number of benzene rings is 2. The first kappa shape index (κ1) is 17.7. The number of ether oxygens (including phenoxy) is 1. The summed E-state index contributed by atoms with van der Waals surface area (Å²) in [6.45, 7) is 2.27. The number of halogens is 1. The SMILES string of the molecule is Cc1cnc2c(S(=O)(=O)NCCOc3ccc(Cl)cc3)cccc2c1. The van der Waals surface area contributed by atoms with Crippen molar-refractivity contribution in [1.82, 2.24) is 9.71 Å². The monoisotopic (exact) mass is 376 g/mol. The number of sulfonamides is 1. The topological polar surface area (TPSA) is 68.3 Å². The second kappa shape index (κ2) is 7.39. The Morgan fingerprint density at radius 1 is 1.16 bits per heavy atom. The summed E-state index contributed by atoms with van der Waals surface area (Å²) < 4.78 is 33.2. The quantitative estimate of drug-likeness (QED) is 0.668. The van der Waals surface area contributed by atoms with Crippen molar-refractivity contribution in [3.63, 3.8) is 0 Å². The number of pyridine rings is 1. The molecule has 5 nitrogen and oxygen atoms in total. The van der Waals surface area contributed by atoms with E-state index < -0.39 is 10.0 Å². The molecule has 0 aliphatic heterocycles. The van der Waals surface area contributed by atoms with Crippen LogP contribution in [0, 0.1) is 6.92 Å². The Balaban J connectivity index is 1.69. The van der Waals surface area contributed by atoms with Gasteiger partial charge in [-0.2, -0.15) is 0 Å². The molecule has 1 heterocycles. The highest BCUT2D eigenvalue weighted by atomic mass is 35.5. The summed E-state index contributed by atoms with van der Waals surface area (Å²) in [5, 5.41) is 1.41. The number of aromatic nitrogens is 1. The second-order valence-electron chi connectivity index (χ2n) is 5.54. The third-order valence-corrected chi connectivity index (χ3v) is 5.32. The maximum atomic E-state index is 12.6. The van der Waals surface area contributed by atoms with E-state index >= 15 is 0 Å². The van der Waals surface area contributed by atoms with Crippen molar-refractivity contribution in [2.75, 3.05) is 13.2 Å². The molecule has 0 spiro atoms. The minimum absolute atomic E-state index is 0.146. The van der Waals surface area contributed by atoms with Crippen LogP contribution in [0.4, 0.5) is 0 Å². The number of nitrogens with zero attached hydrogens (tertiary/aromatic N) is 1. The molecule has 0 fully saturated rings. The summed E-state index contributed by atoms with van der Waals surface area (Å²) >= 11 is 5.80. The molecule has 0 amide bonds. The van der Waals surface area contributed by atoms with Gasteiger partial charge in [0.25, 0.3) is 0 Å². The Morgan fingerprint density at radius 3 is 2.68 bits per heavy atom. The maximum Gasteiger partial charge on any atom is 0.242 e. The normalized spacial score (nSPS) is 11.6. The molecule has 3 rings (SSSR count). The van der Waals surface area contributed by atoms with E-state index in [1.807, 2.05) is 19.1 Å². The molecule has 0 aliphatic carbocycles. The van der Waals surface area contributed by atoms with Gasteiger partial charge < -0.3 is 4.74 Å². The minimum atomic E-state index is -3.67. The van der Waals surface area contributed by atoms with Crippen LogP contribution >= 0.6 is 11.6 Å². The Hall–Kier alpha value is -2.15. The fourth-order valence-corrected chi connectivity index (χ4v) is 3.73. The molecule has 3 aromatic rings. The van der Waals surface area contributed by atoms with E-state index in [-0.39, 0.29) is 18.0 Å². The lowest BCUT2D eigenvalue weighted by Gasteiger charge is -2.10. The number of nitrogens with one attached hydrogen (secondary N) is 1. The summed E-state index contributed by atoms with van der Waals surface area (Å²) in [7, 11) is -3.67. The number of para-hydroxylation sites is 1. The van der Waals surface area contributed by atoms with E-state index in [1.165, 1.54) is 0 Å². The van der Waals surface area contributed by atoms with Crippen molar-refractivity contribution in [3.8, 4) is 5.75 Å². The van der Waals surface area contributed by atoms with Crippen LogP contribution in [-0.2, 0) is 10.0 Å². The van der Waals surface area contributed by atoms with E-state index in [0.29, 0.717) is 16.3 Å². The zero-order valence-electron chi connectivity index (χ0n) is 13.6. The molecule has 130 valence electrons. The van der Waals surface area contributed by atoms with Crippen molar-refractivity contribution in [1.29, 1.82) is 0 Å². The average Bonchev–Trinajstić information content (AvgIpc) is 2.59. The molecule has 0 saturated carbocycles. The lowest BCUT2D eigenvalue weighted by atomic mass is 10.2. The van der Waals surface area contributed by atoms with Gasteiger partial charge in [0.1, 0.15) is 17.3 Å². The second-order valence-corrected chi connectivity index (χ2v) is 7.71. The third kappa shape index (κ3) is 4.28. The van der Waals surface area contributed by atoms with Gasteiger partial charge in [-0.25, -0.2) is 13.1 Å². The lowest BCUT2D eigenvalue weighted by molar-refractivity contribution is 0.323. The first-order chi connectivity index (χ1) is 12.0. The third-order valence-electron chi connectivity index (χ3n) is 3.58. The maximum absolute atomic E-state index is 12.6. The molecule has 1 N–H and O–H groups in total. The minimum Gasteiger partial charge on any atom is -0.492 e. The fourth-order valence-electron chi connectivity index (χ4n) is 2.41. The van der Waals surface area contributed by atoms with Crippen molar-refractivity contribution >= 4 is 32.5 Å². The summed E-state index contributed by atoms with van der Waals surface area (Å²) in [5.74, 6) is 0.630. The fraction of sp³-hybridized carbons (Fsp3) is 0.167. The van der Waals surface area contributed by atoms with Gasteiger partial charge in [-0.1, -0.05) is 23.7 Å². The van der Waals surface area contributed by atoms with Crippen LogP contribution in [0.5, 0.6) is 5.75 Å². The molecule has 0 aliphatic rings. The average molecular weight is 377 g/mol. The van der Waals surface area contributed by atoms with Gasteiger partial charge in [-0.3, -0.25) is 4.98 Å². The predicted molar refractivity (Wildman–Crippen MR) is 98.6 cm³/mol. The Morgan fingerprint density at radius 2 is 1.92 bits per heavy atom. The lowest BCUT2D eigenvalue weighted by Crippen LogP contribution is -2.28. The van der Waals surface area contributed by atoms with Crippen LogP contribution in [0.3, 0.4) is 0 Å². The summed E-state index contributed by atoms with van der Waals surface area (Å²) in [6, 6.07) is 13.9. The zero-order valence-corrected chi connectivity index (χ0v) is 15.1. The molecule has 0 atom stereocenters. The Labute approximate surface area is 151 Å². The molecule has 0 saturated heterocycles. The largest absolute Gasteiger partial charge is 0.492 e. The highest BCUT2D eigenvalue weighted by Gasteiger charge is 2.17. The van der Waals surface area contributed by atoms with Crippen LogP contribution in [0.15, 0.2) is 59.6 Å². The summed E-state index contributed by atoms with van der Waals surface area (Å²) in [5.41, 5.74) is 1.44. The van der Waals surface area contributed by atoms with E-state index in [2.05, 4.69) is 9.71 Å². The molecule has 1 aromatic heterocycles. The van der Waals surface area contributed by atoms with Crippen molar-refractivity contribution < 1.29 is 13.2 Å². The molecule has 25 heavy (non-hydrogen) atoms. The van der Waals surface area contributed by atoms with Gasteiger partial charge in [0, 0.05) is 23.2 Å². The Kier molecular flexibility index (Phi) is 5.22. The van der Waals surface area contributed by atoms with Crippen LogP contribution in [0.1, 0.15) is 5.56 Å². The number of hydrogen-bond donors (Lipinski definition) is 1. The van der Waals surface area contributed by atoms with Crippen LogP contribution in [0.25, 0.3) is 10.9 Å². The number of aryl methyl sites for hydroxylation is 1. The van der Waals surface area contributed by atoms with Gasteiger partial charge in [0.2, 0.25) is 10.0 Å². The molecular formula is C18H17ClN2O3S. The van der Waals surface area contributed by atoms with E-state index in [9.17, 15) is 8.42 Å². The predicted octanol–water partition coefficient (Wildman–Crippen LogP) is 3.55. The van der Waals surface area contributed by atoms with Gasteiger partial charge in [-0.05, 0) is 48.9 Å². The summed E-state index contributed by atoms with van der Waals surface area (Å²) in [6.07, 6.45) is 1.66.